The van der Waals surface area contributed by atoms with Crippen LogP contribution in [-0.4, -0.2) is 164 Å². The predicted octanol–water partition coefficient (Wildman–Crippen LogP) is 24.9. The van der Waals surface area contributed by atoms with Crippen molar-refractivity contribution in [3.8, 4) is 74.7 Å². The highest BCUT2D eigenvalue weighted by atomic mass is 79.9. The highest BCUT2D eigenvalue weighted by molar-refractivity contribution is 9.10. The molecule has 0 saturated carbocycles. The van der Waals surface area contributed by atoms with Crippen LogP contribution in [0.4, 0.5) is 0 Å². The van der Waals surface area contributed by atoms with Gasteiger partial charge < -0.3 is 63.4 Å². The van der Waals surface area contributed by atoms with Gasteiger partial charge >= 0.3 is 0 Å². The van der Waals surface area contributed by atoms with Gasteiger partial charge in [-0.05, 0) is 132 Å². The van der Waals surface area contributed by atoms with E-state index >= 15 is 0 Å². The lowest BCUT2D eigenvalue weighted by Gasteiger charge is -2.14. The third kappa shape index (κ3) is 35.5. The Kier molecular flexibility index (Phi) is 50.3. The number of halogens is 13. The van der Waals surface area contributed by atoms with E-state index in [2.05, 4.69) is 89.6 Å². The van der Waals surface area contributed by atoms with E-state index in [4.69, 9.17) is 166 Å². The fourth-order valence-corrected chi connectivity index (χ4v) is 14.9. The second-order valence-corrected chi connectivity index (χ2v) is 34.5. The molecule has 0 aromatic heterocycles. The number of ether oxygens (including phenoxy) is 8. The van der Waals surface area contributed by atoms with E-state index in [1.807, 2.05) is 63.2 Å². The van der Waals surface area contributed by atoms with Gasteiger partial charge in [-0.3, -0.25) is 28.8 Å². The van der Waals surface area contributed by atoms with Gasteiger partial charge in [-0.1, -0.05) is 257 Å². The third-order valence-corrected chi connectivity index (χ3v) is 24.4. The lowest BCUT2D eigenvalue weighted by Crippen LogP contribution is -2.21. The number of benzene rings is 12. The molecule has 0 aliphatic carbocycles. The molecule has 0 unspecified atom stereocenters. The second kappa shape index (κ2) is 61.3. The van der Waals surface area contributed by atoms with Crippen molar-refractivity contribution in [3.05, 3.63) is 337 Å². The summed E-state index contributed by atoms with van der Waals surface area (Å²) in [5, 5.41) is 77.5. The van der Waals surface area contributed by atoms with Crippen LogP contribution in [0.1, 0.15) is 138 Å². The highest BCUT2D eigenvalue weighted by Crippen LogP contribution is 2.45. The molecule has 0 fully saturated rings. The number of hydrogen-bond acceptors (Lipinski definition) is 25. The maximum atomic E-state index is 12.3. The molecular formula is C101H93Br2Cl11N12O19. The maximum absolute atomic E-state index is 12.3. The lowest BCUT2D eigenvalue weighted by atomic mass is 10.1. The fourth-order valence-electron chi connectivity index (χ4n) is 11.9. The van der Waals surface area contributed by atoms with E-state index in [9.17, 15) is 54.3 Å². The standard InChI is InChI=1S/C18H17BrCl2N2O3.C17H16Cl2N2O4.2C17H16Cl2N2O3.C16H14BrClN2O3.C16H14Cl2N2O3/c1-4-26-15-8-14(20)16(21)12(17(15)25-3)9-22-23-18(24)11-6-5-7-13(19)10(11)2;1-3-25-14-8-12(18)15(19)11(16(14)22)9-20-21-17(23)10-6-4-5-7-13(10)24-2;1-3-24-14-9-13(18)15(19)12(16(14)22)10-20-21(2)17(23)11-7-5-4-6-8-11;1-2-24-14-9-13(18)16(19)12(17(14)23)10-20-21-15(22)8-11-6-4-3-5-7-11;1-2-23-14-8-11(17)7-10(15(14)21)9-19-20-16(22)12-5-3-4-6-13(12)18;1-2-23-13-8-12(17)14(18)11(15(13)21)9-19-20-16(22)10-6-4-3-5-7-10/h5-9H,4H2,1-3H3,(H,23,24);4-9,22H,3H2,1-2H3,(H,21,23);4-10,22H,3H2,1-2H3;3-7,9-10,23H,2,8H2,1H3,(H,21,22);2*3-9,21H,2H2,1H3,(H,20,22)/b22-9+;20-9+;2*20-10+;2*19-9+. The number of amides is 6. The molecule has 44 heteroatoms. The molecule has 10 N–H and O–H groups in total. The minimum absolute atomic E-state index is 0.0502. The first kappa shape index (κ1) is 119. The molecule has 12 rings (SSSR count). The number of nitrogens with one attached hydrogen (secondary N) is 5. The lowest BCUT2D eigenvalue weighted by molar-refractivity contribution is -0.120. The van der Waals surface area contributed by atoms with Gasteiger partial charge in [0.25, 0.3) is 29.5 Å². The Bertz CT molecular complexity index is 6710. The van der Waals surface area contributed by atoms with Crippen LogP contribution in [0.2, 0.25) is 55.2 Å². The zero-order valence-electron chi connectivity index (χ0n) is 78.5. The average Bonchev–Trinajstić information content (AvgIpc) is 0.824. The summed E-state index contributed by atoms with van der Waals surface area (Å²) in [5.41, 5.74) is 17.2. The van der Waals surface area contributed by atoms with Gasteiger partial charge in [-0.15, -0.1) is 0 Å². The van der Waals surface area contributed by atoms with Crippen molar-refractivity contribution < 1.29 is 92.2 Å². The van der Waals surface area contributed by atoms with E-state index in [1.54, 1.807) is 161 Å². The van der Waals surface area contributed by atoms with Crippen molar-refractivity contribution in [1.82, 2.24) is 32.1 Å². The normalized spacial score (nSPS) is 10.8. The van der Waals surface area contributed by atoms with Crippen LogP contribution in [-0.2, 0) is 11.2 Å². The van der Waals surface area contributed by atoms with Crippen LogP contribution < -0.4 is 65.0 Å². The van der Waals surface area contributed by atoms with E-state index in [-0.39, 0.29) is 149 Å². The monoisotopic (exact) mass is 2320 g/mol. The number of carbonyl (C=O) groups is 6. The summed E-state index contributed by atoms with van der Waals surface area (Å²) >= 11 is 73.4. The summed E-state index contributed by atoms with van der Waals surface area (Å²) in [4.78, 5) is 72.4. The number of aromatic hydroxyl groups is 5. The summed E-state index contributed by atoms with van der Waals surface area (Å²) in [5.74, 6) is -0.721. The van der Waals surface area contributed by atoms with Crippen LogP contribution in [0.15, 0.2) is 240 Å². The number of methoxy groups -OCH3 is 2. The molecular weight excluding hydrogens is 2230 g/mol. The van der Waals surface area contributed by atoms with Crippen molar-refractivity contribution in [1.29, 1.82) is 0 Å². The van der Waals surface area contributed by atoms with Crippen LogP contribution >= 0.6 is 159 Å². The van der Waals surface area contributed by atoms with Gasteiger partial charge in [0.15, 0.2) is 69.0 Å². The highest BCUT2D eigenvalue weighted by Gasteiger charge is 2.24. The number of hydrazone groups is 6. The van der Waals surface area contributed by atoms with Crippen molar-refractivity contribution in [3.63, 3.8) is 0 Å². The molecule has 0 radical (unpaired) electrons. The Morgan fingerprint density at radius 1 is 0.345 bits per heavy atom. The van der Waals surface area contributed by atoms with Crippen molar-refractivity contribution >= 4 is 232 Å². The minimum atomic E-state index is -0.476. The van der Waals surface area contributed by atoms with Gasteiger partial charge in [0.05, 0.1) is 192 Å². The minimum Gasteiger partial charge on any atom is -0.504 e. The zero-order chi connectivity index (χ0) is 107. The molecule has 31 nitrogen and oxygen atoms in total. The molecule has 762 valence electrons. The van der Waals surface area contributed by atoms with Gasteiger partial charge in [0, 0.05) is 68.6 Å². The van der Waals surface area contributed by atoms with Gasteiger partial charge in [-0.25, -0.2) is 32.1 Å². The summed E-state index contributed by atoms with van der Waals surface area (Å²) in [6.45, 7) is 14.9. The molecule has 0 spiro atoms. The Morgan fingerprint density at radius 3 is 1.13 bits per heavy atom. The SMILES string of the molecule is CCOc1cc(Br)cc(/C=N/NC(=O)c2ccccc2Cl)c1O.CCOc1cc(Cl)c(Cl)c(/C=N/N(C)C(=O)c2ccccc2)c1O.CCOc1cc(Cl)c(Cl)c(/C=N/NC(=O)Cc2ccccc2)c1O.CCOc1cc(Cl)c(Cl)c(/C=N/NC(=O)c2cccc(Br)c2C)c1OC.CCOc1cc(Cl)c(Cl)c(/C=N/NC(=O)c2ccccc2)c1O.CCOc1cc(Cl)c(Cl)c(/C=N/NC(=O)c2ccccc2OC)c1O. The van der Waals surface area contributed by atoms with E-state index < -0.39 is 11.8 Å². The molecule has 0 atom stereocenters. The molecule has 0 aliphatic heterocycles. The van der Waals surface area contributed by atoms with Crippen molar-refractivity contribution in [2.24, 2.45) is 30.6 Å². The van der Waals surface area contributed by atoms with Crippen molar-refractivity contribution in [2.45, 2.75) is 54.9 Å². The smallest absolute Gasteiger partial charge is 0.275 e. The maximum Gasteiger partial charge on any atom is 0.275 e. The molecule has 12 aromatic rings. The molecule has 0 aliphatic rings. The molecule has 0 bridgehead atoms. The number of para-hydroxylation sites is 1. The first-order chi connectivity index (χ1) is 69.4. The van der Waals surface area contributed by atoms with Gasteiger partial charge in [-0.2, -0.15) is 30.6 Å². The number of phenols is 5. The molecule has 12 aromatic carbocycles. The van der Waals surface area contributed by atoms with E-state index in [1.165, 1.54) is 82.8 Å². The Balaban J connectivity index is 0.000000236. The first-order valence-corrected chi connectivity index (χ1v) is 48.6. The van der Waals surface area contributed by atoms with Crippen LogP contribution in [0.25, 0.3) is 0 Å². The zero-order valence-corrected chi connectivity index (χ0v) is 89.9. The van der Waals surface area contributed by atoms with E-state index in [0.717, 1.165) is 25.1 Å². The molecule has 0 saturated heterocycles. The van der Waals surface area contributed by atoms with Crippen LogP contribution in [0, 0.1) is 6.92 Å². The summed E-state index contributed by atoms with van der Waals surface area (Å²) in [6.07, 6.45) is 7.81. The number of nitrogens with zero attached hydrogens (tertiary/aromatic N) is 7. The van der Waals surface area contributed by atoms with Gasteiger partial charge in [0.1, 0.15) is 5.75 Å². The topological polar surface area (TPSA) is 415 Å². The second-order valence-electron chi connectivity index (χ2n) is 28.4. The molecule has 145 heavy (non-hydrogen) atoms. The van der Waals surface area contributed by atoms with Crippen LogP contribution in [0.5, 0.6) is 74.7 Å². The number of carbonyl (C=O) groups excluding carboxylic acids is 6. The van der Waals surface area contributed by atoms with Crippen LogP contribution in [0.3, 0.4) is 0 Å². The fraction of sp³-hybridized carbons (Fsp3) is 0.168. The molecule has 6 amide bonds. The quantitative estimate of drug-likeness (QED) is 0.0135. The Labute approximate surface area is 906 Å². The Hall–Kier alpha value is -13.0. The first-order valence-electron chi connectivity index (χ1n) is 42.9. The predicted molar refractivity (Wildman–Crippen MR) is 580 cm³/mol. The summed E-state index contributed by atoms with van der Waals surface area (Å²) in [7, 11) is 4.46. The van der Waals surface area contributed by atoms with Crippen molar-refractivity contribution in [2.75, 3.05) is 60.9 Å². The Morgan fingerprint density at radius 2 is 0.690 bits per heavy atom. The summed E-state index contributed by atoms with van der Waals surface area (Å²) < 4.78 is 44.0. The van der Waals surface area contributed by atoms with E-state index in [0.29, 0.717) is 112 Å². The molecule has 0 heterocycles. The average molecular weight is 2330 g/mol. The number of rotatable bonds is 33. The largest absolute Gasteiger partial charge is 0.504 e. The number of hydrogen-bond donors (Lipinski definition) is 10. The summed E-state index contributed by atoms with van der Waals surface area (Å²) in [6, 6.07) is 55.9. The van der Waals surface area contributed by atoms with Gasteiger partial charge in [0.2, 0.25) is 5.91 Å². The number of phenolic OH excluding ortho intramolecular Hbond substituents is 5. The third-order valence-electron chi connectivity index (χ3n) is 18.7.